The van der Waals surface area contributed by atoms with Crippen LogP contribution in [0.25, 0.3) is 0 Å². The van der Waals surface area contributed by atoms with Crippen LogP contribution in [0, 0.1) is 0 Å². The Hall–Kier alpha value is -0.560. The second-order valence-electron chi connectivity index (χ2n) is 5.15. The highest BCUT2D eigenvalue weighted by molar-refractivity contribution is 8.00. The van der Waals surface area contributed by atoms with Crippen LogP contribution in [0.3, 0.4) is 0 Å². The quantitative estimate of drug-likeness (QED) is 0.807. The van der Waals surface area contributed by atoms with E-state index in [-0.39, 0.29) is 16.2 Å². The molecule has 1 aromatic carbocycles. The number of aryl methyl sites for hydroxylation is 1. The van der Waals surface area contributed by atoms with Gasteiger partial charge in [-0.05, 0) is 48.8 Å². The first kappa shape index (κ1) is 15.8. The molecule has 1 aliphatic carbocycles. The molecule has 1 fully saturated rings. The summed E-state index contributed by atoms with van der Waals surface area (Å²) < 4.78 is 27.4. The third-order valence-corrected chi connectivity index (χ3v) is 6.68. The molecule has 0 saturated heterocycles. The number of aliphatic hydroxyl groups is 1. The van der Waals surface area contributed by atoms with E-state index >= 15 is 0 Å². The van der Waals surface area contributed by atoms with E-state index in [4.69, 9.17) is 0 Å². The molecule has 1 saturated carbocycles. The third-order valence-electron chi connectivity index (χ3n) is 3.86. The molecule has 0 radical (unpaired) electrons. The van der Waals surface area contributed by atoms with Crippen molar-refractivity contribution >= 4 is 21.8 Å². The molecule has 0 amide bonds. The number of nitrogens with one attached hydrogen (secondary N) is 1. The lowest BCUT2D eigenvalue weighted by molar-refractivity contribution is 0.280. The van der Waals surface area contributed by atoms with E-state index in [0.29, 0.717) is 12.1 Å². The lowest BCUT2D eigenvalue weighted by Gasteiger charge is -2.14. The van der Waals surface area contributed by atoms with Crippen LogP contribution in [0.5, 0.6) is 0 Å². The Labute approximate surface area is 125 Å². The van der Waals surface area contributed by atoms with Crippen molar-refractivity contribution in [2.75, 3.05) is 12.8 Å². The van der Waals surface area contributed by atoms with Gasteiger partial charge in [-0.3, -0.25) is 0 Å². The minimum Gasteiger partial charge on any atom is -0.392 e. The number of thioether (sulfide) groups is 1. The summed E-state index contributed by atoms with van der Waals surface area (Å²) in [4.78, 5) is 0.232. The molecule has 1 aliphatic rings. The van der Waals surface area contributed by atoms with Crippen molar-refractivity contribution in [3.05, 3.63) is 29.3 Å². The lowest BCUT2D eigenvalue weighted by Crippen LogP contribution is -2.31. The summed E-state index contributed by atoms with van der Waals surface area (Å²) in [6, 6.07) is 4.96. The topological polar surface area (TPSA) is 66.4 Å². The summed E-state index contributed by atoms with van der Waals surface area (Å²) in [7, 11) is -3.50. The average Bonchev–Trinajstić information content (AvgIpc) is 3.25. The SMILES string of the molecule is CCc1ccc(S(=O)(=O)NCC2(SC)CC2)cc1CO. The van der Waals surface area contributed by atoms with Gasteiger partial charge in [0.2, 0.25) is 10.0 Å². The maximum atomic E-state index is 12.3. The molecule has 0 heterocycles. The Kier molecular flexibility index (Phi) is 4.79. The van der Waals surface area contributed by atoms with Crippen molar-refractivity contribution in [2.45, 2.75) is 42.4 Å². The first-order chi connectivity index (χ1) is 9.46. The molecule has 1 aromatic rings. The van der Waals surface area contributed by atoms with Crippen molar-refractivity contribution < 1.29 is 13.5 Å². The van der Waals surface area contributed by atoms with Crippen LogP contribution >= 0.6 is 11.8 Å². The van der Waals surface area contributed by atoms with Crippen LogP contribution in [0.15, 0.2) is 23.1 Å². The molecule has 20 heavy (non-hydrogen) atoms. The first-order valence-electron chi connectivity index (χ1n) is 6.74. The van der Waals surface area contributed by atoms with Gasteiger partial charge in [0.15, 0.2) is 0 Å². The van der Waals surface area contributed by atoms with E-state index in [9.17, 15) is 13.5 Å². The molecule has 0 unspecified atom stereocenters. The van der Waals surface area contributed by atoms with Crippen LogP contribution in [0.1, 0.15) is 30.9 Å². The van der Waals surface area contributed by atoms with Gasteiger partial charge in [-0.1, -0.05) is 13.0 Å². The predicted molar refractivity (Wildman–Crippen MR) is 82.4 cm³/mol. The summed E-state index contributed by atoms with van der Waals surface area (Å²) in [5, 5.41) is 9.33. The minimum absolute atomic E-state index is 0.0935. The monoisotopic (exact) mass is 315 g/mol. The number of benzene rings is 1. The summed E-state index contributed by atoms with van der Waals surface area (Å²) >= 11 is 1.72. The third kappa shape index (κ3) is 3.36. The maximum absolute atomic E-state index is 12.3. The lowest BCUT2D eigenvalue weighted by atomic mass is 10.1. The fraction of sp³-hybridized carbons (Fsp3) is 0.571. The molecular weight excluding hydrogens is 294 g/mol. The van der Waals surface area contributed by atoms with E-state index in [0.717, 1.165) is 24.8 Å². The van der Waals surface area contributed by atoms with Gasteiger partial charge < -0.3 is 5.11 Å². The largest absolute Gasteiger partial charge is 0.392 e. The summed E-state index contributed by atoms with van der Waals surface area (Å²) in [6.07, 6.45) is 4.92. The van der Waals surface area contributed by atoms with Crippen LogP contribution in [-0.2, 0) is 23.1 Å². The molecule has 112 valence electrons. The highest BCUT2D eigenvalue weighted by Gasteiger charge is 2.42. The van der Waals surface area contributed by atoms with Crippen molar-refractivity contribution in [3.8, 4) is 0 Å². The molecule has 6 heteroatoms. The smallest absolute Gasteiger partial charge is 0.240 e. The Morgan fingerprint density at radius 2 is 2.05 bits per heavy atom. The van der Waals surface area contributed by atoms with Crippen molar-refractivity contribution in [1.82, 2.24) is 4.72 Å². The Morgan fingerprint density at radius 3 is 2.55 bits per heavy atom. The summed E-state index contributed by atoms with van der Waals surface area (Å²) in [5.41, 5.74) is 1.66. The van der Waals surface area contributed by atoms with E-state index in [1.807, 2.05) is 13.2 Å². The summed E-state index contributed by atoms with van der Waals surface area (Å²) in [6.45, 7) is 2.32. The molecular formula is C14H21NO3S2. The van der Waals surface area contributed by atoms with Crippen LogP contribution in [0.4, 0.5) is 0 Å². The predicted octanol–water partition coefficient (Wildman–Crippen LogP) is 1.92. The van der Waals surface area contributed by atoms with Gasteiger partial charge in [-0.2, -0.15) is 11.8 Å². The maximum Gasteiger partial charge on any atom is 0.240 e. The minimum atomic E-state index is -3.50. The number of hydrogen-bond acceptors (Lipinski definition) is 4. The molecule has 0 bridgehead atoms. The Balaban J connectivity index is 2.16. The molecule has 2 N–H and O–H groups in total. The van der Waals surface area contributed by atoms with E-state index in [1.54, 1.807) is 30.0 Å². The second kappa shape index (κ2) is 6.05. The van der Waals surface area contributed by atoms with Gasteiger partial charge in [0.1, 0.15) is 0 Å². The number of hydrogen-bond donors (Lipinski definition) is 2. The zero-order valence-electron chi connectivity index (χ0n) is 11.8. The van der Waals surface area contributed by atoms with Gasteiger partial charge in [0, 0.05) is 11.3 Å². The van der Waals surface area contributed by atoms with Gasteiger partial charge in [0.25, 0.3) is 0 Å². The number of sulfonamides is 1. The normalized spacial score (nSPS) is 17.1. The highest BCUT2D eigenvalue weighted by atomic mass is 32.2. The standard InChI is InChI=1S/C14H21NO3S2/c1-3-11-4-5-13(8-12(11)9-16)20(17,18)15-10-14(19-2)6-7-14/h4-5,8,15-16H,3,6-7,9-10H2,1-2H3. The van der Waals surface area contributed by atoms with Crippen molar-refractivity contribution in [3.63, 3.8) is 0 Å². The zero-order chi connectivity index (χ0) is 14.8. The molecule has 2 rings (SSSR count). The van der Waals surface area contributed by atoms with Gasteiger partial charge >= 0.3 is 0 Å². The molecule has 0 spiro atoms. The Bertz CT molecular complexity index is 580. The molecule has 0 aliphatic heterocycles. The van der Waals surface area contributed by atoms with Gasteiger partial charge in [-0.15, -0.1) is 0 Å². The average molecular weight is 315 g/mol. The van der Waals surface area contributed by atoms with E-state index in [2.05, 4.69) is 4.72 Å². The van der Waals surface area contributed by atoms with Crippen LogP contribution in [0.2, 0.25) is 0 Å². The number of rotatable bonds is 7. The molecule has 0 atom stereocenters. The van der Waals surface area contributed by atoms with Crippen molar-refractivity contribution in [2.24, 2.45) is 0 Å². The fourth-order valence-corrected chi connectivity index (χ4v) is 4.16. The molecule has 0 aromatic heterocycles. The summed E-state index contributed by atoms with van der Waals surface area (Å²) in [5.74, 6) is 0. The van der Waals surface area contributed by atoms with Crippen LogP contribution < -0.4 is 4.72 Å². The Morgan fingerprint density at radius 1 is 1.35 bits per heavy atom. The van der Waals surface area contributed by atoms with Crippen LogP contribution in [-0.4, -0.2) is 31.1 Å². The second-order valence-corrected chi connectivity index (χ2v) is 8.20. The zero-order valence-corrected chi connectivity index (χ0v) is 13.5. The van der Waals surface area contributed by atoms with Gasteiger partial charge in [0.05, 0.1) is 11.5 Å². The van der Waals surface area contributed by atoms with E-state index in [1.165, 1.54) is 0 Å². The van der Waals surface area contributed by atoms with E-state index < -0.39 is 10.0 Å². The van der Waals surface area contributed by atoms with Gasteiger partial charge in [-0.25, -0.2) is 13.1 Å². The number of aliphatic hydroxyl groups excluding tert-OH is 1. The van der Waals surface area contributed by atoms with Crippen molar-refractivity contribution in [1.29, 1.82) is 0 Å². The highest BCUT2D eigenvalue weighted by Crippen LogP contribution is 2.46. The molecule has 4 nitrogen and oxygen atoms in total. The first-order valence-corrected chi connectivity index (χ1v) is 9.44. The fourth-order valence-electron chi connectivity index (χ4n) is 2.16.